The summed E-state index contributed by atoms with van der Waals surface area (Å²) in [6, 6.07) is 3.92. The Hall–Kier alpha value is -1.75. The molecule has 2 N–H and O–H groups in total. The summed E-state index contributed by atoms with van der Waals surface area (Å²) in [5.41, 5.74) is 7.95. The van der Waals surface area contributed by atoms with Crippen molar-refractivity contribution in [3.8, 4) is 0 Å². The fraction of sp³-hybridized carbons (Fsp3) is 0.417. The molecule has 0 aliphatic heterocycles. The minimum atomic E-state index is -0.0114. The normalized spacial score (nSPS) is 12.6. The van der Waals surface area contributed by atoms with Crippen molar-refractivity contribution in [2.24, 2.45) is 5.73 Å². The number of nitrogens with two attached hydrogens (primary N) is 1. The van der Waals surface area contributed by atoms with Crippen molar-refractivity contribution < 1.29 is 0 Å². The van der Waals surface area contributed by atoms with Crippen LogP contribution in [0.1, 0.15) is 37.1 Å². The van der Waals surface area contributed by atoms with E-state index >= 15 is 0 Å². The molecule has 0 aliphatic rings. The van der Waals surface area contributed by atoms with E-state index in [-0.39, 0.29) is 6.04 Å². The van der Waals surface area contributed by atoms with E-state index in [9.17, 15) is 0 Å². The third-order valence-electron chi connectivity index (χ3n) is 2.60. The van der Waals surface area contributed by atoms with E-state index in [1.165, 1.54) is 0 Å². The molecule has 0 amide bonds. The quantitative estimate of drug-likeness (QED) is 0.847. The molecule has 0 aliphatic carbocycles. The van der Waals surface area contributed by atoms with Crippen molar-refractivity contribution in [3.63, 3.8) is 0 Å². The third kappa shape index (κ3) is 3.10. The summed E-state index contributed by atoms with van der Waals surface area (Å²) >= 11 is 0. The molecule has 1 atom stereocenters. The zero-order chi connectivity index (χ0) is 12.1. The average Bonchev–Trinajstić information content (AvgIpc) is 2.79. The average molecular weight is 231 g/mol. The zero-order valence-electron chi connectivity index (χ0n) is 9.95. The van der Waals surface area contributed by atoms with Gasteiger partial charge in [0.15, 0.2) is 0 Å². The predicted molar refractivity (Wildman–Crippen MR) is 65.2 cm³/mol. The first-order chi connectivity index (χ1) is 8.29. The molecular formula is C12H17N5. The highest BCUT2D eigenvalue weighted by atomic mass is 15.4. The molecule has 5 nitrogen and oxygen atoms in total. The van der Waals surface area contributed by atoms with E-state index in [1.54, 1.807) is 10.9 Å². The highest BCUT2D eigenvalue weighted by molar-refractivity contribution is 5.09. The number of hydrogen-bond donors (Lipinski definition) is 1. The Balaban J connectivity index is 2.04. The first kappa shape index (κ1) is 11.7. The lowest BCUT2D eigenvalue weighted by Gasteiger charge is -2.04. The first-order valence-electron chi connectivity index (χ1n) is 5.84. The van der Waals surface area contributed by atoms with Crippen LogP contribution in [0, 0.1) is 0 Å². The monoisotopic (exact) mass is 231 g/mol. The summed E-state index contributed by atoms with van der Waals surface area (Å²) in [5, 5.41) is 8.17. The molecule has 2 heterocycles. The van der Waals surface area contributed by atoms with Gasteiger partial charge in [-0.15, -0.1) is 5.10 Å². The van der Waals surface area contributed by atoms with Crippen LogP contribution in [-0.2, 0) is 6.54 Å². The fourth-order valence-corrected chi connectivity index (χ4v) is 1.70. The van der Waals surface area contributed by atoms with Crippen LogP contribution in [0.3, 0.4) is 0 Å². The highest BCUT2D eigenvalue weighted by Gasteiger charge is 2.09. The van der Waals surface area contributed by atoms with Crippen LogP contribution in [0.5, 0.6) is 0 Å². The van der Waals surface area contributed by atoms with Crippen LogP contribution in [0.25, 0.3) is 0 Å². The standard InChI is InChI=1S/C12H17N5/c1-2-4-11(13)12-9-17(16-15-12)8-10-5-3-6-14-7-10/h3,5-7,9,11H,2,4,8,13H2,1H3. The number of aromatic nitrogens is 4. The van der Waals surface area contributed by atoms with Gasteiger partial charge < -0.3 is 5.73 Å². The lowest BCUT2D eigenvalue weighted by atomic mass is 10.1. The van der Waals surface area contributed by atoms with Crippen molar-refractivity contribution in [1.29, 1.82) is 0 Å². The lowest BCUT2D eigenvalue weighted by Crippen LogP contribution is -2.10. The lowest BCUT2D eigenvalue weighted by molar-refractivity contribution is 0.617. The number of nitrogens with zero attached hydrogens (tertiary/aromatic N) is 4. The molecule has 0 saturated heterocycles. The van der Waals surface area contributed by atoms with Gasteiger partial charge in [0.1, 0.15) is 0 Å². The maximum absolute atomic E-state index is 5.98. The summed E-state index contributed by atoms with van der Waals surface area (Å²) in [4.78, 5) is 4.07. The van der Waals surface area contributed by atoms with Crippen molar-refractivity contribution in [2.45, 2.75) is 32.4 Å². The van der Waals surface area contributed by atoms with Crippen LogP contribution < -0.4 is 5.73 Å². The number of rotatable bonds is 5. The van der Waals surface area contributed by atoms with Crippen LogP contribution in [0.2, 0.25) is 0 Å². The van der Waals surface area contributed by atoms with Gasteiger partial charge in [-0.2, -0.15) is 0 Å². The molecule has 0 saturated carbocycles. The van der Waals surface area contributed by atoms with Crippen molar-refractivity contribution in [2.75, 3.05) is 0 Å². The fourth-order valence-electron chi connectivity index (χ4n) is 1.70. The van der Waals surface area contributed by atoms with E-state index in [0.29, 0.717) is 6.54 Å². The van der Waals surface area contributed by atoms with E-state index in [4.69, 9.17) is 5.73 Å². The van der Waals surface area contributed by atoms with Crippen molar-refractivity contribution >= 4 is 0 Å². The Labute approximate surface area is 101 Å². The summed E-state index contributed by atoms with van der Waals surface area (Å²) < 4.78 is 1.79. The van der Waals surface area contributed by atoms with Gasteiger partial charge in [-0.05, 0) is 18.1 Å². The maximum Gasteiger partial charge on any atom is 0.0994 e. The highest BCUT2D eigenvalue weighted by Crippen LogP contribution is 2.12. The van der Waals surface area contributed by atoms with E-state index in [0.717, 1.165) is 24.1 Å². The molecule has 2 rings (SSSR count). The Morgan fingerprint density at radius 3 is 3.06 bits per heavy atom. The number of pyridine rings is 1. The van der Waals surface area contributed by atoms with Crippen LogP contribution in [0.4, 0.5) is 0 Å². The van der Waals surface area contributed by atoms with Gasteiger partial charge >= 0.3 is 0 Å². The molecule has 0 bridgehead atoms. The second kappa shape index (κ2) is 5.54. The van der Waals surface area contributed by atoms with Gasteiger partial charge in [-0.1, -0.05) is 24.6 Å². The second-order valence-electron chi connectivity index (χ2n) is 4.10. The molecule has 0 fully saturated rings. The van der Waals surface area contributed by atoms with Gasteiger partial charge in [0.2, 0.25) is 0 Å². The zero-order valence-corrected chi connectivity index (χ0v) is 9.95. The summed E-state index contributed by atoms with van der Waals surface area (Å²) in [6.07, 6.45) is 7.48. The Kier molecular flexibility index (Phi) is 3.82. The van der Waals surface area contributed by atoms with Gasteiger partial charge in [0.05, 0.1) is 24.5 Å². The molecule has 5 heteroatoms. The van der Waals surface area contributed by atoms with Crippen molar-refractivity contribution in [1.82, 2.24) is 20.0 Å². The molecule has 0 radical (unpaired) electrons. The summed E-state index contributed by atoms with van der Waals surface area (Å²) in [7, 11) is 0. The summed E-state index contributed by atoms with van der Waals surface area (Å²) in [5.74, 6) is 0. The van der Waals surface area contributed by atoms with Gasteiger partial charge in [-0.3, -0.25) is 4.98 Å². The predicted octanol–water partition coefficient (Wildman–Crippen LogP) is 1.52. The molecule has 2 aromatic heterocycles. The van der Waals surface area contributed by atoms with Crippen molar-refractivity contribution in [3.05, 3.63) is 42.0 Å². The largest absolute Gasteiger partial charge is 0.323 e. The number of hydrogen-bond acceptors (Lipinski definition) is 4. The smallest absolute Gasteiger partial charge is 0.0994 e. The Morgan fingerprint density at radius 2 is 2.35 bits per heavy atom. The topological polar surface area (TPSA) is 69.6 Å². The van der Waals surface area contributed by atoms with Crippen LogP contribution >= 0.6 is 0 Å². The van der Waals surface area contributed by atoms with E-state index in [1.807, 2.05) is 24.5 Å². The maximum atomic E-state index is 5.98. The van der Waals surface area contributed by atoms with Gasteiger partial charge in [0, 0.05) is 12.4 Å². The molecule has 1 unspecified atom stereocenters. The Morgan fingerprint density at radius 1 is 1.47 bits per heavy atom. The van der Waals surface area contributed by atoms with E-state index in [2.05, 4.69) is 22.2 Å². The Bertz CT molecular complexity index is 451. The molecule has 17 heavy (non-hydrogen) atoms. The molecular weight excluding hydrogens is 214 g/mol. The van der Waals surface area contributed by atoms with Gasteiger partial charge in [0.25, 0.3) is 0 Å². The third-order valence-corrected chi connectivity index (χ3v) is 2.60. The second-order valence-corrected chi connectivity index (χ2v) is 4.10. The molecule has 0 aromatic carbocycles. The SMILES string of the molecule is CCCC(N)c1cn(Cc2cccnc2)nn1. The minimum absolute atomic E-state index is 0.0114. The molecule has 0 spiro atoms. The van der Waals surface area contributed by atoms with Gasteiger partial charge in [-0.25, -0.2) is 4.68 Å². The summed E-state index contributed by atoms with van der Waals surface area (Å²) in [6.45, 7) is 2.79. The molecule has 2 aromatic rings. The van der Waals surface area contributed by atoms with Crippen LogP contribution in [-0.4, -0.2) is 20.0 Å². The first-order valence-corrected chi connectivity index (χ1v) is 5.84. The molecule has 90 valence electrons. The van der Waals surface area contributed by atoms with Crippen LogP contribution in [0.15, 0.2) is 30.7 Å². The minimum Gasteiger partial charge on any atom is -0.323 e. The van der Waals surface area contributed by atoms with E-state index < -0.39 is 0 Å².